The van der Waals surface area contributed by atoms with Gasteiger partial charge in [-0.25, -0.2) is 0 Å². The van der Waals surface area contributed by atoms with Crippen LogP contribution in [0, 0.1) is 0 Å². The highest BCUT2D eigenvalue weighted by Gasteiger charge is 2.17. The van der Waals surface area contributed by atoms with E-state index in [0.29, 0.717) is 12.0 Å². The predicted molar refractivity (Wildman–Crippen MR) is 67.8 cm³/mol. The van der Waals surface area contributed by atoms with Gasteiger partial charge in [0.15, 0.2) is 0 Å². The molecule has 4 nitrogen and oxygen atoms in total. The summed E-state index contributed by atoms with van der Waals surface area (Å²) < 4.78 is 28.3. The molecule has 6 heteroatoms. The topological polar surface area (TPSA) is 60.4 Å². The molecule has 94 valence electrons. The smallest absolute Gasteiger partial charge is 0.322 e. The summed E-state index contributed by atoms with van der Waals surface area (Å²) in [4.78, 5) is 11.1. The number of carbonyl (C=O) groups excluding carboxylic acids is 1. The van der Waals surface area contributed by atoms with Crippen molar-refractivity contribution < 1.29 is 17.4 Å². The van der Waals surface area contributed by atoms with Gasteiger partial charge >= 0.3 is 16.1 Å². The minimum atomic E-state index is -3.83. The molecule has 0 spiro atoms. The molecule has 0 fully saturated rings. The molecule has 0 atom stereocenters. The molecule has 17 heavy (non-hydrogen) atoms. The average molecular weight is 321 g/mol. The molecule has 0 heterocycles. The molecule has 0 unspecified atom stereocenters. The number of rotatable bonds is 5. The van der Waals surface area contributed by atoms with Crippen molar-refractivity contribution in [2.24, 2.45) is 0 Å². The second-order valence-corrected chi connectivity index (χ2v) is 6.02. The molecule has 0 bridgehead atoms. The van der Waals surface area contributed by atoms with E-state index in [4.69, 9.17) is 0 Å². The number of carbonyl (C=O) groups is 1. The molecular weight excluding hydrogens is 308 g/mol. The van der Waals surface area contributed by atoms with Crippen LogP contribution in [0.3, 0.4) is 0 Å². The Bertz CT molecular complexity index is 479. The van der Waals surface area contributed by atoms with Crippen LogP contribution in [0.15, 0.2) is 28.7 Å². The van der Waals surface area contributed by atoms with Gasteiger partial charge in [0, 0.05) is 10.9 Å². The maximum absolute atomic E-state index is 11.5. The fourth-order valence-corrected chi connectivity index (χ4v) is 2.49. The molecule has 1 aromatic rings. The molecule has 0 saturated heterocycles. The zero-order valence-electron chi connectivity index (χ0n) is 9.35. The molecule has 0 radical (unpaired) electrons. The molecule has 0 amide bonds. The van der Waals surface area contributed by atoms with Gasteiger partial charge in [-0.05, 0) is 24.1 Å². The Morgan fingerprint density at radius 3 is 2.41 bits per heavy atom. The lowest BCUT2D eigenvalue weighted by Gasteiger charge is -2.05. The van der Waals surface area contributed by atoms with Gasteiger partial charge < -0.3 is 4.18 Å². The van der Waals surface area contributed by atoms with Crippen LogP contribution in [0.25, 0.3) is 0 Å². The highest BCUT2D eigenvalue weighted by Crippen LogP contribution is 2.14. The Labute approximate surface area is 109 Å². The van der Waals surface area contributed by atoms with Crippen molar-refractivity contribution in [3.63, 3.8) is 0 Å². The molecule has 0 aliphatic rings. The summed E-state index contributed by atoms with van der Waals surface area (Å²) in [6.45, 7) is 1.78. The van der Waals surface area contributed by atoms with E-state index in [2.05, 4.69) is 20.1 Å². The van der Waals surface area contributed by atoms with Gasteiger partial charge in [0.25, 0.3) is 0 Å². The van der Waals surface area contributed by atoms with Crippen LogP contribution in [0.5, 0.6) is 0 Å². The molecule has 0 aromatic heterocycles. The monoisotopic (exact) mass is 320 g/mol. The Hall–Kier alpha value is -0.880. The minimum Gasteiger partial charge on any atom is -0.345 e. The quantitative estimate of drug-likeness (QED) is 0.782. The summed E-state index contributed by atoms with van der Waals surface area (Å²) in [7, 11) is -3.83. The Morgan fingerprint density at radius 1 is 1.29 bits per heavy atom. The largest absolute Gasteiger partial charge is 0.345 e. The third-order valence-corrected chi connectivity index (χ3v) is 3.59. The average Bonchev–Trinajstić information content (AvgIpc) is 2.20. The Morgan fingerprint density at radius 2 is 1.88 bits per heavy atom. The van der Waals surface area contributed by atoms with Crippen LogP contribution in [0.1, 0.15) is 25.3 Å². The van der Waals surface area contributed by atoms with Crippen LogP contribution in [0.4, 0.5) is 0 Å². The van der Waals surface area contributed by atoms with Crippen molar-refractivity contribution >= 4 is 32.0 Å². The maximum Gasteiger partial charge on any atom is 0.322 e. The zero-order chi connectivity index (χ0) is 12.9. The molecular formula is C11H13BrO4S. The molecule has 0 aliphatic heterocycles. The van der Waals surface area contributed by atoms with Crippen LogP contribution < -0.4 is 0 Å². The second kappa shape index (κ2) is 6.16. The first-order valence-corrected chi connectivity index (χ1v) is 7.49. The first-order valence-electron chi connectivity index (χ1n) is 5.12. The van der Waals surface area contributed by atoms with Crippen LogP contribution in [-0.4, -0.2) is 14.4 Å². The van der Waals surface area contributed by atoms with E-state index < -0.39 is 16.1 Å². The normalized spacial score (nSPS) is 11.2. The van der Waals surface area contributed by atoms with E-state index in [0.717, 1.165) is 4.47 Å². The summed E-state index contributed by atoms with van der Waals surface area (Å²) in [5.41, 5.74) is 0.581. The number of hydrogen-bond acceptors (Lipinski definition) is 4. The van der Waals surface area contributed by atoms with E-state index in [1.807, 2.05) is 0 Å². The van der Waals surface area contributed by atoms with Gasteiger partial charge in [-0.1, -0.05) is 35.0 Å². The number of hydrogen-bond donors (Lipinski definition) is 0. The molecule has 0 aliphatic carbocycles. The van der Waals surface area contributed by atoms with Gasteiger partial charge in [0.1, 0.15) is 5.75 Å². The van der Waals surface area contributed by atoms with Gasteiger partial charge in [0.05, 0.1) is 0 Å². The van der Waals surface area contributed by atoms with E-state index in [1.54, 1.807) is 31.2 Å². The van der Waals surface area contributed by atoms with E-state index in [1.165, 1.54) is 0 Å². The lowest BCUT2D eigenvalue weighted by atomic mass is 10.2. The number of halogens is 1. The molecule has 1 aromatic carbocycles. The van der Waals surface area contributed by atoms with E-state index in [-0.39, 0.29) is 12.2 Å². The van der Waals surface area contributed by atoms with Crippen LogP contribution in [0.2, 0.25) is 0 Å². The van der Waals surface area contributed by atoms with Crippen LogP contribution >= 0.6 is 15.9 Å². The zero-order valence-corrected chi connectivity index (χ0v) is 11.8. The Kier molecular flexibility index (Phi) is 5.14. The SMILES string of the molecule is CCCC(=O)OS(=O)(=O)Cc1ccc(Br)cc1. The lowest BCUT2D eigenvalue weighted by molar-refractivity contribution is -0.133. The summed E-state index contributed by atoms with van der Waals surface area (Å²) in [6, 6.07) is 6.79. The Balaban J connectivity index is 2.66. The van der Waals surface area contributed by atoms with Crippen molar-refractivity contribution in [1.29, 1.82) is 0 Å². The fraction of sp³-hybridized carbons (Fsp3) is 0.364. The maximum atomic E-state index is 11.5. The van der Waals surface area contributed by atoms with E-state index in [9.17, 15) is 13.2 Å². The third-order valence-electron chi connectivity index (χ3n) is 1.93. The third kappa shape index (κ3) is 5.32. The summed E-state index contributed by atoms with van der Waals surface area (Å²) >= 11 is 3.25. The first-order chi connectivity index (χ1) is 7.93. The van der Waals surface area contributed by atoms with Crippen molar-refractivity contribution in [3.05, 3.63) is 34.3 Å². The molecule has 1 rings (SSSR count). The summed E-state index contributed by atoms with van der Waals surface area (Å²) in [5.74, 6) is -1.000. The minimum absolute atomic E-state index is 0.111. The van der Waals surface area contributed by atoms with Crippen molar-refractivity contribution in [2.75, 3.05) is 0 Å². The van der Waals surface area contributed by atoms with Gasteiger partial charge in [-0.3, -0.25) is 4.79 Å². The molecule has 0 N–H and O–H groups in total. The highest BCUT2D eigenvalue weighted by molar-refractivity contribution is 9.10. The van der Waals surface area contributed by atoms with Crippen molar-refractivity contribution in [2.45, 2.75) is 25.5 Å². The van der Waals surface area contributed by atoms with Crippen LogP contribution in [-0.2, 0) is 24.8 Å². The van der Waals surface area contributed by atoms with Crippen molar-refractivity contribution in [3.8, 4) is 0 Å². The first kappa shape index (κ1) is 14.2. The number of benzene rings is 1. The fourth-order valence-electron chi connectivity index (χ4n) is 1.20. The lowest BCUT2D eigenvalue weighted by Crippen LogP contribution is -2.14. The predicted octanol–water partition coefficient (Wildman–Crippen LogP) is 2.62. The van der Waals surface area contributed by atoms with Gasteiger partial charge in [-0.2, -0.15) is 8.42 Å². The van der Waals surface area contributed by atoms with Gasteiger partial charge in [-0.15, -0.1) is 0 Å². The van der Waals surface area contributed by atoms with E-state index >= 15 is 0 Å². The van der Waals surface area contributed by atoms with Gasteiger partial charge in [0.2, 0.25) is 0 Å². The standard InChI is InChI=1S/C11H13BrO4S/c1-2-3-11(13)16-17(14,15)8-9-4-6-10(12)7-5-9/h4-7H,2-3,8H2,1H3. The highest BCUT2D eigenvalue weighted by atomic mass is 79.9. The molecule has 0 saturated carbocycles. The summed E-state index contributed by atoms with van der Waals surface area (Å²) in [5, 5.41) is 0. The summed E-state index contributed by atoms with van der Waals surface area (Å²) in [6.07, 6.45) is 0.673. The van der Waals surface area contributed by atoms with Crippen molar-refractivity contribution in [1.82, 2.24) is 0 Å². The second-order valence-electron chi connectivity index (χ2n) is 3.53.